The zero-order valence-corrected chi connectivity index (χ0v) is 17.0. The zero-order chi connectivity index (χ0) is 22.9. The molecule has 0 radical (unpaired) electrons. The van der Waals surface area contributed by atoms with Crippen molar-refractivity contribution in [2.24, 2.45) is 5.41 Å². The molecular weight excluding hydrogens is 428 g/mol. The number of aliphatic carboxylic acids is 1. The molecule has 30 heavy (non-hydrogen) atoms. The smallest absolute Gasteiger partial charge is 0.416 e. The van der Waals surface area contributed by atoms with Crippen molar-refractivity contribution in [3.8, 4) is 0 Å². The maximum absolute atomic E-state index is 14.2. The van der Waals surface area contributed by atoms with Gasteiger partial charge in [0.25, 0.3) is 0 Å². The maximum atomic E-state index is 14.2. The number of hydrogen-bond donors (Lipinski definition) is 2. The molecule has 1 heterocycles. The van der Waals surface area contributed by atoms with Gasteiger partial charge in [0.05, 0.1) is 22.7 Å². The van der Waals surface area contributed by atoms with Crippen LogP contribution in [-0.4, -0.2) is 22.0 Å². The highest BCUT2D eigenvalue weighted by Crippen LogP contribution is 2.38. The number of aromatic nitrogens is 1. The van der Waals surface area contributed by atoms with Crippen LogP contribution >= 0.6 is 11.6 Å². The Kier molecular flexibility index (Phi) is 6.46. The summed E-state index contributed by atoms with van der Waals surface area (Å²) in [6.45, 7) is 4.61. The van der Waals surface area contributed by atoms with Gasteiger partial charge in [0.1, 0.15) is 11.4 Å². The number of carbonyl (C=O) groups is 2. The van der Waals surface area contributed by atoms with Gasteiger partial charge in [0.15, 0.2) is 0 Å². The number of nitrogens with zero attached hydrogens (tertiary/aromatic N) is 1. The fraction of sp³-hybridized carbons (Fsp3) is 0.350. The van der Waals surface area contributed by atoms with Crippen molar-refractivity contribution in [3.63, 3.8) is 0 Å². The number of carboxylic acid groups (broad SMARTS) is 1. The summed E-state index contributed by atoms with van der Waals surface area (Å²) in [5, 5.41) is 12.2. The summed E-state index contributed by atoms with van der Waals surface area (Å²) in [4.78, 5) is 28.5. The molecule has 1 aromatic carbocycles. The molecule has 1 unspecified atom stereocenters. The van der Waals surface area contributed by atoms with Crippen molar-refractivity contribution < 1.29 is 32.3 Å². The number of carbonyl (C=O) groups excluding carboxylic acids is 1. The molecule has 2 N–H and O–H groups in total. The predicted molar refractivity (Wildman–Crippen MR) is 101 cm³/mol. The minimum Gasteiger partial charge on any atom is -0.481 e. The van der Waals surface area contributed by atoms with Crippen LogP contribution < -0.4 is 5.32 Å². The molecule has 0 fully saturated rings. The Morgan fingerprint density at radius 1 is 1.10 bits per heavy atom. The van der Waals surface area contributed by atoms with Crippen molar-refractivity contribution in [2.75, 3.05) is 0 Å². The fourth-order valence-corrected chi connectivity index (χ4v) is 2.87. The third-order valence-corrected chi connectivity index (χ3v) is 4.53. The van der Waals surface area contributed by atoms with Crippen LogP contribution in [0.3, 0.4) is 0 Å². The van der Waals surface area contributed by atoms with Gasteiger partial charge < -0.3 is 10.4 Å². The Hall–Kier alpha value is -2.68. The lowest BCUT2D eigenvalue weighted by atomic mass is 9.80. The number of halogens is 5. The van der Waals surface area contributed by atoms with Gasteiger partial charge >= 0.3 is 12.1 Å². The molecular formula is C20H19ClF4N2O3. The van der Waals surface area contributed by atoms with E-state index in [2.05, 4.69) is 10.3 Å². The standard InChI is InChI=1S/C20H19ClF4N2O3/c1-18(2,3)17(30)27-19(9-16(28)29,15-5-4-13(21)10-26-15)11-6-12(20(23,24)25)8-14(22)7-11/h4-8,10H,9H2,1-3H3,(H,27,30)(H,28,29). The Morgan fingerprint density at radius 2 is 1.70 bits per heavy atom. The van der Waals surface area contributed by atoms with Crippen molar-refractivity contribution in [1.82, 2.24) is 10.3 Å². The SMILES string of the molecule is CC(C)(C)C(=O)NC(CC(=O)O)(c1cc(F)cc(C(F)(F)F)c1)c1ccc(Cl)cn1. The van der Waals surface area contributed by atoms with Crippen molar-refractivity contribution in [2.45, 2.75) is 38.9 Å². The van der Waals surface area contributed by atoms with Gasteiger partial charge in [-0.3, -0.25) is 14.6 Å². The molecule has 0 aliphatic heterocycles. The molecule has 10 heteroatoms. The number of amides is 1. The first-order valence-corrected chi connectivity index (χ1v) is 9.08. The van der Waals surface area contributed by atoms with E-state index < -0.39 is 52.4 Å². The summed E-state index contributed by atoms with van der Waals surface area (Å²) in [7, 11) is 0. The van der Waals surface area contributed by atoms with Crippen LogP contribution in [0.15, 0.2) is 36.5 Å². The van der Waals surface area contributed by atoms with Gasteiger partial charge in [-0.05, 0) is 35.9 Å². The number of hydrogen-bond acceptors (Lipinski definition) is 3. The molecule has 1 amide bonds. The fourth-order valence-electron chi connectivity index (χ4n) is 2.76. The number of rotatable bonds is 5. The second-order valence-electron chi connectivity index (χ2n) is 7.77. The van der Waals surface area contributed by atoms with Crippen molar-refractivity contribution >= 4 is 23.5 Å². The molecule has 162 valence electrons. The van der Waals surface area contributed by atoms with Crippen LogP contribution in [0.2, 0.25) is 5.02 Å². The summed E-state index contributed by atoms with van der Waals surface area (Å²) in [6.07, 6.45) is -4.63. The first-order valence-electron chi connectivity index (χ1n) is 8.70. The summed E-state index contributed by atoms with van der Waals surface area (Å²) in [5.41, 5.74) is -4.96. The zero-order valence-electron chi connectivity index (χ0n) is 16.3. The molecule has 0 spiro atoms. The van der Waals surface area contributed by atoms with E-state index in [1.165, 1.54) is 32.9 Å². The quantitative estimate of drug-likeness (QED) is 0.648. The molecule has 2 rings (SSSR count). The number of pyridine rings is 1. The highest BCUT2D eigenvalue weighted by molar-refractivity contribution is 6.30. The van der Waals surface area contributed by atoms with Crippen LogP contribution in [0.1, 0.15) is 44.0 Å². The van der Waals surface area contributed by atoms with Gasteiger partial charge in [-0.25, -0.2) is 4.39 Å². The average Bonchev–Trinajstić information content (AvgIpc) is 2.59. The third-order valence-electron chi connectivity index (χ3n) is 4.31. The lowest BCUT2D eigenvalue weighted by Gasteiger charge is -2.36. The van der Waals surface area contributed by atoms with Gasteiger partial charge in [-0.1, -0.05) is 32.4 Å². The molecule has 0 saturated heterocycles. The van der Waals surface area contributed by atoms with Crippen molar-refractivity contribution in [1.29, 1.82) is 0 Å². The topological polar surface area (TPSA) is 79.3 Å². The van der Waals surface area contributed by atoms with E-state index in [9.17, 15) is 32.3 Å². The van der Waals surface area contributed by atoms with Crippen LogP contribution in [0, 0.1) is 11.2 Å². The van der Waals surface area contributed by atoms with Crippen LogP contribution in [0.5, 0.6) is 0 Å². The van der Waals surface area contributed by atoms with Gasteiger partial charge in [0, 0.05) is 11.6 Å². The summed E-state index contributed by atoms with van der Waals surface area (Å²) in [5.74, 6) is -3.36. The summed E-state index contributed by atoms with van der Waals surface area (Å²) >= 11 is 5.83. The maximum Gasteiger partial charge on any atom is 0.416 e. The first-order chi connectivity index (χ1) is 13.6. The lowest BCUT2D eigenvalue weighted by molar-refractivity contribution is -0.139. The normalized spacial score (nSPS) is 14.1. The number of carboxylic acids is 1. The van der Waals surface area contributed by atoms with E-state index in [-0.39, 0.29) is 16.8 Å². The Labute approximate surface area is 175 Å². The van der Waals surface area contributed by atoms with Crippen LogP contribution in [0.4, 0.5) is 17.6 Å². The molecule has 1 aromatic heterocycles. The van der Waals surface area contributed by atoms with E-state index in [4.69, 9.17) is 11.6 Å². The van der Waals surface area contributed by atoms with Gasteiger partial charge in [-0.2, -0.15) is 13.2 Å². The molecule has 0 aliphatic carbocycles. The monoisotopic (exact) mass is 446 g/mol. The third kappa shape index (κ3) is 5.27. The lowest BCUT2D eigenvalue weighted by Crippen LogP contribution is -2.52. The summed E-state index contributed by atoms with van der Waals surface area (Å²) < 4.78 is 54.1. The van der Waals surface area contributed by atoms with E-state index in [1.54, 1.807) is 0 Å². The molecule has 1 atom stereocenters. The van der Waals surface area contributed by atoms with E-state index in [1.807, 2.05) is 0 Å². The highest BCUT2D eigenvalue weighted by Gasteiger charge is 2.43. The average molecular weight is 447 g/mol. The molecule has 5 nitrogen and oxygen atoms in total. The summed E-state index contributed by atoms with van der Waals surface area (Å²) in [6, 6.07) is 4.25. The number of alkyl halides is 3. The van der Waals surface area contributed by atoms with Gasteiger partial charge in [-0.15, -0.1) is 0 Å². The second kappa shape index (κ2) is 8.22. The molecule has 0 saturated carbocycles. The van der Waals surface area contributed by atoms with E-state index >= 15 is 0 Å². The van der Waals surface area contributed by atoms with E-state index in [0.717, 1.165) is 12.3 Å². The minimum absolute atomic E-state index is 0.106. The van der Waals surface area contributed by atoms with Crippen LogP contribution in [-0.2, 0) is 21.3 Å². The molecule has 0 bridgehead atoms. The number of benzene rings is 1. The Bertz CT molecular complexity index is 956. The molecule has 2 aromatic rings. The van der Waals surface area contributed by atoms with E-state index in [0.29, 0.717) is 6.07 Å². The van der Waals surface area contributed by atoms with Gasteiger partial charge in [0.2, 0.25) is 5.91 Å². The van der Waals surface area contributed by atoms with Crippen molar-refractivity contribution in [3.05, 3.63) is 64.2 Å². The Balaban J connectivity index is 2.86. The molecule has 0 aliphatic rings. The second-order valence-corrected chi connectivity index (χ2v) is 8.20. The largest absolute Gasteiger partial charge is 0.481 e. The minimum atomic E-state index is -4.90. The number of nitrogens with one attached hydrogen (secondary N) is 1. The highest BCUT2D eigenvalue weighted by atomic mass is 35.5. The van der Waals surface area contributed by atoms with Crippen LogP contribution in [0.25, 0.3) is 0 Å². The Morgan fingerprint density at radius 3 is 2.17 bits per heavy atom. The first kappa shape index (κ1) is 23.6. The predicted octanol–water partition coefficient (Wildman–Crippen LogP) is 4.77.